The molecule has 1 amide bonds. The van der Waals surface area contributed by atoms with Crippen LogP contribution < -0.4 is 5.43 Å². The second-order valence-electron chi connectivity index (χ2n) is 6.04. The summed E-state index contributed by atoms with van der Waals surface area (Å²) in [4.78, 5) is 16.0. The van der Waals surface area contributed by atoms with Crippen molar-refractivity contribution in [2.24, 2.45) is 5.10 Å². The Bertz CT molecular complexity index is 1130. The van der Waals surface area contributed by atoms with Crippen molar-refractivity contribution in [3.63, 3.8) is 0 Å². The third-order valence-corrected chi connectivity index (χ3v) is 4.72. The number of nitrogens with zero attached hydrogens (tertiary/aromatic N) is 1. The molecule has 0 aliphatic carbocycles. The SMILES string of the molecule is O=C(N/N=C/c1cccc(Br)c1)c1[nH]c2ccccc2c1-c1ccccc1. The molecule has 0 unspecified atom stereocenters. The molecule has 0 atom stereocenters. The number of nitrogens with one attached hydrogen (secondary N) is 2. The Labute approximate surface area is 165 Å². The first kappa shape index (κ1) is 17.2. The average molecular weight is 418 g/mol. The van der Waals surface area contributed by atoms with Crippen molar-refractivity contribution in [1.82, 2.24) is 10.4 Å². The molecule has 27 heavy (non-hydrogen) atoms. The molecule has 0 saturated heterocycles. The van der Waals surface area contributed by atoms with E-state index in [0.717, 1.165) is 32.1 Å². The molecule has 5 heteroatoms. The van der Waals surface area contributed by atoms with Crippen molar-refractivity contribution in [2.45, 2.75) is 0 Å². The highest BCUT2D eigenvalue weighted by molar-refractivity contribution is 9.10. The zero-order valence-corrected chi connectivity index (χ0v) is 15.9. The molecule has 0 bridgehead atoms. The zero-order chi connectivity index (χ0) is 18.6. The molecule has 4 rings (SSSR count). The van der Waals surface area contributed by atoms with E-state index in [4.69, 9.17) is 0 Å². The number of carbonyl (C=O) groups is 1. The lowest BCUT2D eigenvalue weighted by atomic mass is 10.0. The van der Waals surface area contributed by atoms with Crippen LogP contribution in [0, 0.1) is 0 Å². The van der Waals surface area contributed by atoms with Crippen molar-refractivity contribution >= 4 is 39.0 Å². The Hall–Kier alpha value is -3.18. The fraction of sp³-hybridized carbons (Fsp3) is 0. The second kappa shape index (κ2) is 7.60. The van der Waals surface area contributed by atoms with Gasteiger partial charge in [-0.05, 0) is 29.3 Å². The molecule has 132 valence electrons. The van der Waals surface area contributed by atoms with Crippen LogP contribution >= 0.6 is 15.9 Å². The number of hydrogen-bond acceptors (Lipinski definition) is 2. The largest absolute Gasteiger partial charge is 0.350 e. The van der Waals surface area contributed by atoms with E-state index in [1.807, 2.05) is 78.9 Å². The monoisotopic (exact) mass is 417 g/mol. The smallest absolute Gasteiger partial charge is 0.288 e. The van der Waals surface area contributed by atoms with Crippen LogP contribution in [0.1, 0.15) is 16.1 Å². The van der Waals surface area contributed by atoms with Gasteiger partial charge in [-0.2, -0.15) is 5.10 Å². The number of hydrogen-bond donors (Lipinski definition) is 2. The summed E-state index contributed by atoms with van der Waals surface area (Å²) in [6, 6.07) is 25.5. The van der Waals surface area contributed by atoms with Crippen molar-refractivity contribution in [1.29, 1.82) is 0 Å². The molecule has 0 saturated carbocycles. The van der Waals surface area contributed by atoms with Gasteiger partial charge in [0.2, 0.25) is 0 Å². The number of carbonyl (C=O) groups excluding carboxylic acids is 1. The predicted octanol–water partition coefficient (Wildman–Crippen LogP) is 5.36. The molecule has 0 aliphatic heterocycles. The van der Waals surface area contributed by atoms with Crippen LogP contribution in [0.25, 0.3) is 22.0 Å². The minimum absolute atomic E-state index is 0.281. The third-order valence-electron chi connectivity index (χ3n) is 4.22. The summed E-state index contributed by atoms with van der Waals surface area (Å²) in [5, 5.41) is 5.10. The molecular weight excluding hydrogens is 402 g/mol. The van der Waals surface area contributed by atoms with E-state index in [9.17, 15) is 4.79 Å². The minimum Gasteiger partial charge on any atom is -0.350 e. The van der Waals surface area contributed by atoms with E-state index >= 15 is 0 Å². The fourth-order valence-corrected chi connectivity index (χ4v) is 3.44. The van der Waals surface area contributed by atoms with Gasteiger partial charge in [-0.3, -0.25) is 4.79 Å². The minimum atomic E-state index is -0.281. The maximum atomic E-state index is 12.8. The highest BCUT2D eigenvalue weighted by Gasteiger charge is 2.18. The van der Waals surface area contributed by atoms with Crippen molar-refractivity contribution < 1.29 is 4.79 Å². The van der Waals surface area contributed by atoms with Crippen molar-refractivity contribution in [3.8, 4) is 11.1 Å². The Morgan fingerprint density at radius 3 is 2.56 bits per heavy atom. The van der Waals surface area contributed by atoms with E-state index in [-0.39, 0.29) is 5.91 Å². The summed E-state index contributed by atoms with van der Waals surface area (Å²) < 4.78 is 0.958. The molecule has 0 spiro atoms. The molecule has 0 fully saturated rings. The predicted molar refractivity (Wildman–Crippen MR) is 113 cm³/mol. The average Bonchev–Trinajstić information content (AvgIpc) is 3.08. The van der Waals surface area contributed by atoms with E-state index in [2.05, 4.69) is 31.4 Å². The first-order valence-electron chi connectivity index (χ1n) is 8.47. The lowest BCUT2D eigenvalue weighted by Crippen LogP contribution is -2.18. The van der Waals surface area contributed by atoms with Gasteiger partial charge in [-0.15, -0.1) is 0 Å². The summed E-state index contributed by atoms with van der Waals surface area (Å²) >= 11 is 3.42. The number of H-pyrrole nitrogens is 1. The molecular formula is C22H16BrN3O. The molecule has 4 nitrogen and oxygen atoms in total. The Morgan fingerprint density at radius 1 is 0.963 bits per heavy atom. The lowest BCUT2D eigenvalue weighted by molar-refractivity contribution is 0.0951. The number of benzene rings is 3. The van der Waals surface area contributed by atoms with Gasteiger partial charge in [0.05, 0.1) is 6.21 Å². The molecule has 2 N–H and O–H groups in total. The molecule has 4 aromatic rings. The van der Waals surface area contributed by atoms with Crippen LogP contribution in [0.2, 0.25) is 0 Å². The first-order valence-corrected chi connectivity index (χ1v) is 9.27. The summed E-state index contributed by atoms with van der Waals surface area (Å²) in [6.07, 6.45) is 1.62. The second-order valence-corrected chi connectivity index (χ2v) is 6.96. The summed E-state index contributed by atoms with van der Waals surface area (Å²) in [5.41, 5.74) is 6.78. The van der Waals surface area contributed by atoms with Gasteiger partial charge in [0, 0.05) is 20.9 Å². The summed E-state index contributed by atoms with van der Waals surface area (Å²) in [7, 11) is 0. The highest BCUT2D eigenvalue weighted by atomic mass is 79.9. The Kier molecular flexibility index (Phi) is 4.85. The summed E-state index contributed by atoms with van der Waals surface area (Å²) in [5.74, 6) is -0.281. The number of hydrazone groups is 1. The topological polar surface area (TPSA) is 57.2 Å². The van der Waals surface area contributed by atoms with E-state index in [1.165, 1.54) is 0 Å². The fourth-order valence-electron chi connectivity index (χ4n) is 3.03. The first-order chi connectivity index (χ1) is 13.2. The Morgan fingerprint density at radius 2 is 1.74 bits per heavy atom. The van der Waals surface area contributed by atoms with Crippen LogP contribution in [0.15, 0.2) is 88.4 Å². The maximum absolute atomic E-state index is 12.8. The third kappa shape index (κ3) is 3.68. The van der Waals surface area contributed by atoms with Crippen LogP contribution in [0.5, 0.6) is 0 Å². The van der Waals surface area contributed by atoms with Gasteiger partial charge in [-0.25, -0.2) is 5.43 Å². The van der Waals surface area contributed by atoms with Crippen LogP contribution in [0.4, 0.5) is 0 Å². The standard InChI is InChI=1S/C22H16BrN3O/c23-17-10-6-7-15(13-17)14-24-26-22(27)21-20(16-8-2-1-3-9-16)18-11-4-5-12-19(18)25-21/h1-14,25H,(H,26,27)/b24-14+. The molecule has 3 aromatic carbocycles. The van der Waals surface area contributed by atoms with Crippen LogP contribution in [-0.2, 0) is 0 Å². The van der Waals surface area contributed by atoms with Gasteiger partial charge in [0.1, 0.15) is 5.69 Å². The van der Waals surface area contributed by atoms with Gasteiger partial charge >= 0.3 is 0 Å². The van der Waals surface area contributed by atoms with Gasteiger partial charge in [0.25, 0.3) is 5.91 Å². The number of amides is 1. The number of fused-ring (bicyclic) bond motifs is 1. The van der Waals surface area contributed by atoms with Gasteiger partial charge in [-0.1, -0.05) is 76.6 Å². The van der Waals surface area contributed by atoms with Crippen molar-refractivity contribution in [3.05, 3.63) is 94.6 Å². The van der Waals surface area contributed by atoms with Crippen LogP contribution in [0.3, 0.4) is 0 Å². The van der Waals surface area contributed by atoms with Crippen molar-refractivity contribution in [2.75, 3.05) is 0 Å². The highest BCUT2D eigenvalue weighted by Crippen LogP contribution is 2.32. The van der Waals surface area contributed by atoms with Gasteiger partial charge < -0.3 is 4.98 Å². The number of aromatic nitrogens is 1. The van der Waals surface area contributed by atoms with E-state index in [0.29, 0.717) is 5.69 Å². The summed E-state index contributed by atoms with van der Waals surface area (Å²) in [6.45, 7) is 0. The number of halogens is 1. The molecule has 1 aromatic heterocycles. The van der Waals surface area contributed by atoms with E-state index < -0.39 is 0 Å². The normalized spacial score (nSPS) is 11.1. The van der Waals surface area contributed by atoms with Crippen LogP contribution in [-0.4, -0.2) is 17.1 Å². The molecule has 0 radical (unpaired) electrons. The molecule has 1 heterocycles. The Balaban J connectivity index is 1.68. The number of rotatable bonds is 4. The quantitative estimate of drug-likeness (QED) is 0.340. The van der Waals surface area contributed by atoms with E-state index in [1.54, 1.807) is 6.21 Å². The number of aromatic amines is 1. The zero-order valence-electron chi connectivity index (χ0n) is 14.3. The molecule has 0 aliphatic rings. The number of para-hydroxylation sites is 1. The van der Waals surface area contributed by atoms with Gasteiger partial charge in [0.15, 0.2) is 0 Å². The maximum Gasteiger partial charge on any atom is 0.288 e. The lowest BCUT2D eigenvalue weighted by Gasteiger charge is -2.04.